The van der Waals surface area contributed by atoms with Crippen molar-refractivity contribution < 1.29 is 0 Å². The molecule has 1 aromatic rings. The van der Waals surface area contributed by atoms with Gasteiger partial charge in [-0.1, -0.05) is 0 Å². The smallest absolute Gasteiger partial charge is 0.0644 e. The standard InChI is InChI=1S/C11H19N3/c1-7(2)14-10-6-4-5-9(12)11(10)8(3)13-14/h7,9H,4-6,12H2,1-3H3. The molecular weight excluding hydrogens is 174 g/mol. The second kappa shape index (κ2) is 3.39. The highest BCUT2D eigenvalue weighted by Gasteiger charge is 2.24. The molecule has 1 atom stereocenters. The van der Waals surface area contributed by atoms with Crippen LogP contribution in [0.2, 0.25) is 0 Å². The van der Waals surface area contributed by atoms with E-state index >= 15 is 0 Å². The molecule has 1 heterocycles. The normalized spacial score (nSPS) is 21.4. The molecule has 0 amide bonds. The van der Waals surface area contributed by atoms with Crippen LogP contribution in [-0.4, -0.2) is 9.78 Å². The zero-order valence-corrected chi connectivity index (χ0v) is 9.25. The topological polar surface area (TPSA) is 43.8 Å². The van der Waals surface area contributed by atoms with E-state index in [1.54, 1.807) is 0 Å². The van der Waals surface area contributed by atoms with Gasteiger partial charge in [0, 0.05) is 23.3 Å². The summed E-state index contributed by atoms with van der Waals surface area (Å²) in [6.07, 6.45) is 3.45. The average molecular weight is 193 g/mol. The Bertz CT molecular complexity index is 339. The maximum absolute atomic E-state index is 6.11. The van der Waals surface area contributed by atoms with Gasteiger partial charge in [0.1, 0.15) is 0 Å². The van der Waals surface area contributed by atoms with E-state index in [0.29, 0.717) is 6.04 Å². The lowest BCUT2D eigenvalue weighted by Gasteiger charge is -2.21. The van der Waals surface area contributed by atoms with Crippen LogP contribution < -0.4 is 5.73 Å². The number of hydrogen-bond donors (Lipinski definition) is 1. The van der Waals surface area contributed by atoms with Crippen LogP contribution in [0.5, 0.6) is 0 Å². The van der Waals surface area contributed by atoms with E-state index in [1.807, 2.05) is 0 Å². The number of rotatable bonds is 1. The highest BCUT2D eigenvalue weighted by Crippen LogP contribution is 2.31. The van der Waals surface area contributed by atoms with Gasteiger partial charge in [0.15, 0.2) is 0 Å². The van der Waals surface area contributed by atoms with Gasteiger partial charge < -0.3 is 5.73 Å². The third-order valence-corrected chi connectivity index (χ3v) is 3.02. The Hall–Kier alpha value is -0.830. The van der Waals surface area contributed by atoms with E-state index < -0.39 is 0 Å². The molecule has 1 unspecified atom stereocenters. The number of aryl methyl sites for hydroxylation is 1. The summed E-state index contributed by atoms with van der Waals surface area (Å²) in [7, 11) is 0. The van der Waals surface area contributed by atoms with Crippen molar-refractivity contribution in [3.05, 3.63) is 17.0 Å². The van der Waals surface area contributed by atoms with Crippen LogP contribution in [-0.2, 0) is 6.42 Å². The average Bonchev–Trinajstić information content (AvgIpc) is 2.45. The Morgan fingerprint density at radius 1 is 1.50 bits per heavy atom. The molecule has 0 saturated heterocycles. The summed E-state index contributed by atoms with van der Waals surface area (Å²) in [5, 5.41) is 4.58. The third-order valence-electron chi connectivity index (χ3n) is 3.02. The molecule has 0 aromatic carbocycles. The lowest BCUT2D eigenvalue weighted by atomic mass is 9.91. The van der Waals surface area contributed by atoms with Crippen LogP contribution in [0.15, 0.2) is 0 Å². The predicted molar refractivity (Wildman–Crippen MR) is 57.2 cm³/mol. The maximum atomic E-state index is 6.11. The maximum Gasteiger partial charge on any atom is 0.0644 e. The molecular formula is C11H19N3. The zero-order valence-electron chi connectivity index (χ0n) is 9.25. The van der Waals surface area contributed by atoms with E-state index in [0.717, 1.165) is 18.5 Å². The van der Waals surface area contributed by atoms with Crippen molar-refractivity contribution >= 4 is 0 Å². The van der Waals surface area contributed by atoms with E-state index in [-0.39, 0.29) is 6.04 Å². The molecule has 2 N–H and O–H groups in total. The van der Waals surface area contributed by atoms with Crippen molar-refractivity contribution in [1.29, 1.82) is 0 Å². The summed E-state index contributed by atoms with van der Waals surface area (Å²) >= 11 is 0. The van der Waals surface area contributed by atoms with Crippen LogP contribution in [0, 0.1) is 6.92 Å². The number of fused-ring (bicyclic) bond motifs is 1. The fourth-order valence-corrected chi connectivity index (χ4v) is 2.40. The van der Waals surface area contributed by atoms with E-state index in [4.69, 9.17) is 5.73 Å². The van der Waals surface area contributed by atoms with Crippen molar-refractivity contribution in [2.24, 2.45) is 5.73 Å². The fraction of sp³-hybridized carbons (Fsp3) is 0.727. The Morgan fingerprint density at radius 2 is 2.21 bits per heavy atom. The van der Waals surface area contributed by atoms with E-state index in [9.17, 15) is 0 Å². The first-order valence-corrected chi connectivity index (χ1v) is 5.44. The second-order valence-electron chi connectivity index (χ2n) is 4.48. The first-order chi connectivity index (χ1) is 6.61. The summed E-state index contributed by atoms with van der Waals surface area (Å²) in [6, 6.07) is 0.661. The summed E-state index contributed by atoms with van der Waals surface area (Å²) in [6.45, 7) is 6.42. The number of hydrogen-bond acceptors (Lipinski definition) is 2. The minimum atomic E-state index is 0.214. The molecule has 3 heteroatoms. The molecule has 14 heavy (non-hydrogen) atoms. The minimum Gasteiger partial charge on any atom is -0.324 e. The lowest BCUT2D eigenvalue weighted by Crippen LogP contribution is -2.19. The Labute approximate surface area is 85.3 Å². The van der Waals surface area contributed by atoms with Crippen molar-refractivity contribution in [2.45, 2.75) is 52.1 Å². The number of aromatic nitrogens is 2. The summed E-state index contributed by atoms with van der Waals surface area (Å²) in [5.74, 6) is 0. The van der Waals surface area contributed by atoms with Crippen molar-refractivity contribution in [2.75, 3.05) is 0 Å². The molecule has 78 valence electrons. The van der Waals surface area contributed by atoms with Gasteiger partial charge in [0.05, 0.1) is 5.69 Å². The van der Waals surface area contributed by atoms with Gasteiger partial charge in [0.2, 0.25) is 0 Å². The molecule has 0 fully saturated rings. The summed E-state index contributed by atoms with van der Waals surface area (Å²) < 4.78 is 2.14. The van der Waals surface area contributed by atoms with Crippen molar-refractivity contribution in [3.8, 4) is 0 Å². The molecule has 2 rings (SSSR count). The number of nitrogens with two attached hydrogens (primary N) is 1. The van der Waals surface area contributed by atoms with Crippen LogP contribution in [0.25, 0.3) is 0 Å². The molecule has 0 radical (unpaired) electrons. The molecule has 0 aliphatic heterocycles. The molecule has 1 aliphatic rings. The van der Waals surface area contributed by atoms with Crippen molar-refractivity contribution in [1.82, 2.24) is 9.78 Å². The monoisotopic (exact) mass is 193 g/mol. The van der Waals surface area contributed by atoms with Gasteiger partial charge in [-0.3, -0.25) is 4.68 Å². The van der Waals surface area contributed by atoms with Gasteiger partial charge in [0.25, 0.3) is 0 Å². The summed E-state index contributed by atoms with van der Waals surface area (Å²) in [4.78, 5) is 0. The lowest BCUT2D eigenvalue weighted by molar-refractivity contribution is 0.479. The second-order valence-corrected chi connectivity index (χ2v) is 4.48. The number of nitrogens with zero attached hydrogens (tertiary/aromatic N) is 2. The van der Waals surface area contributed by atoms with Crippen LogP contribution >= 0.6 is 0 Å². The van der Waals surface area contributed by atoms with E-state index in [2.05, 4.69) is 30.6 Å². The SMILES string of the molecule is Cc1nn(C(C)C)c2c1C(N)CCC2. The van der Waals surface area contributed by atoms with Crippen LogP contribution in [0.3, 0.4) is 0 Å². The summed E-state index contributed by atoms with van der Waals surface area (Å²) in [5.41, 5.74) is 9.91. The van der Waals surface area contributed by atoms with Gasteiger partial charge in [-0.2, -0.15) is 5.10 Å². The Kier molecular flexibility index (Phi) is 2.35. The molecule has 1 aromatic heterocycles. The molecule has 1 aliphatic carbocycles. The first-order valence-electron chi connectivity index (χ1n) is 5.44. The Balaban J connectivity index is 2.52. The highest BCUT2D eigenvalue weighted by atomic mass is 15.3. The van der Waals surface area contributed by atoms with Gasteiger partial charge in [-0.05, 0) is 40.0 Å². The van der Waals surface area contributed by atoms with Crippen LogP contribution in [0.1, 0.15) is 55.7 Å². The van der Waals surface area contributed by atoms with Gasteiger partial charge in [-0.25, -0.2) is 0 Å². The van der Waals surface area contributed by atoms with E-state index in [1.165, 1.54) is 17.7 Å². The fourth-order valence-electron chi connectivity index (χ4n) is 2.40. The minimum absolute atomic E-state index is 0.214. The molecule has 0 spiro atoms. The van der Waals surface area contributed by atoms with Crippen LogP contribution in [0.4, 0.5) is 0 Å². The predicted octanol–water partition coefficient (Wildman–Crippen LogP) is 2.11. The third kappa shape index (κ3) is 1.36. The molecule has 0 bridgehead atoms. The molecule has 0 saturated carbocycles. The largest absolute Gasteiger partial charge is 0.324 e. The zero-order chi connectivity index (χ0) is 10.3. The Morgan fingerprint density at radius 3 is 2.86 bits per heavy atom. The highest BCUT2D eigenvalue weighted by molar-refractivity contribution is 5.31. The quantitative estimate of drug-likeness (QED) is 0.742. The first kappa shape index (κ1) is 9.71. The van der Waals surface area contributed by atoms with Gasteiger partial charge >= 0.3 is 0 Å². The van der Waals surface area contributed by atoms with Gasteiger partial charge in [-0.15, -0.1) is 0 Å². The van der Waals surface area contributed by atoms with Crippen molar-refractivity contribution in [3.63, 3.8) is 0 Å². The molecule has 3 nitrogen and oxygen atoms in total.